The smallest absolute Gasteiger partial charge is 0.226 e. The van der Waals surface area contributed by atoms with Crippen LogP contribution in [0.2, 0.25) is 0 Å². The first kappa shape index (κ1) is 16.8. The topological polar surface area (TPSA) is 60.5 Å². The summed E-state index contributed by atoms with van der Waals surface area (Å²) in [6.45, 7) is 7.30. The number of aromatic nitrogens is 1. The van der Waals surface area contributed by atoms with Gasteiger partial charge in [-0.25, -0.2) is 4.98 Å². The molecule has 2 aromatic rings. The molecule has 1 N–H and O–H groups in total. The minimum absolute atomic E-state index is 0.0296. The van der Waals surface area contributed by atoms with E-state index in [4.69, 9.17) is 9.47 Å². The molecule has 1 aliphatic rings. The third kappa shape index (κ3) is 3.87. The zero-order valence-electron chi connectivity index (χ0n) is 14.2. The van der Waals surface area contributed by atoms with Crippen LogP contribution in [-0.2, 0) is 11.2 Å². The standard InChI is InChI=1S/C18H22N2O3S/c1-11(2)18-20-14(10-24-18)9-17(21)19-12(3)13-4-5-15-16(8-13)23-7-6-22-15/h4-5,8,10-12H,6-7,9H2,1-3H3,(H,19,21)/t12-/m1/s1. The number of rotatable bonds is 5. The molecule has 5 nitrogen and oxygen atoms in total. The molecule has 1 aliphatic heterocycles. The number of hydrogen-bond acceptors (Lipinski definition) is 5. The summed E-state index contributed by atoms with van der Waals surface area (Å²) >= 11 is 1.61. The quantitative estimate of drug-likeness (QED) is 0.901. The monoisotopic (exact) mass is 346 g/mol. The van der Waals surface area contributed by atoms with Crippen molar-refractivity contribution in [3.05, 3.63) is 39.8 Å². The summed E-state index contributed by atoms with van der Waals surface area (Å²) < 4.78 is 11.1. The lowest BCUT2D eigenvalue weighted by atomic mass is 10.1. The molecular weight excluding hydrogens is 324 g/mol. The number of hydrogen-bond donors (Lipinski definition) is 1. The second-order valence-corrected chi connectivity index (χ2v) is 7.09. The molecule has 6 heteroatoms. The lowest BCUT2D eigenvalue weighted by Gasteiger charge is -2.21. The van der Waals surface area contributed by atoms with E-state index in [1.165, 1.54) is 0 Å². The summed E-state index contributed by atoms with van der Waals surface area (Å²) in [5.74, 6) is 1.86. The van der Waals surface area contributed by atoms with Crippen molar-refractivity contribution in [3.63, 3.8) is 0 Å². The largest absolute Gasteiger partial charge is 0.486 e. The Morgan fingerprint density at radius 1 is 1.25 bits per heavy atom. The summed E-state index contributed by atoms with van der Waals surface area (Å²) in [5, 5.41) is 6.05. The third-order valence-corrected chi connectivity index (χ3v) is 5.04. The van der Waals surface area contributed by atoms with Gasteiger partial charge in [0.15, 0.2) is 11.5 Å². The Bertz CT molecular complexity index is 727. The zero-order chi connectivity index (χ0) is 17.1. The van der Waals surface area contributed by atoms with Gasteiger partial charge in [-0.15, -0.1) is 11.3 Å². The van der Waals surface area contributed by atoms with Gasteiger partial charge >= 0.3 is 0 Å². The summed E-state index contributed by atoms with van der Waals surface area (Å²) in [5.41, 5.74) is 1.82. The van der Waals surface area contributed by atoms with Crippen molar-refractivity contribution in [1.82, 2.24) is 10.3 Å². The molecule has 128 valence electrons. The molecule has 1 aromatic heterocycles. The lowest BCUT2D eigenvalue weighted by molar-refractivity contribution is -0.121. The normalized spacial score (nSPS) is 14.5. The molecule has 1 amide bonds. The molecule has 0 spiro atoms. The highest BCUT2D eigenvalue weighted by Gasteiger charge is 2.16. The molecule has 0 fully saturated rings. The van der Waals surface area contributed by atoms with E-state index in [-0.39, 0.29) is 11.9 Å². The number of amides is 1. The van der Waals surface area contributed by atoms with E-state index in [2.05, 4.69) is 24.1 Å². The summed E-state index contributed by atoms with van der Waals surface area (Å²) in [7, 11) is 0. The van der Waals surface area contributed by atoms with Crippen molar-refractivity contribution in [1.29, 1.82) is 0 Å². The number of ether oxygens (including phenoxy) is 2. The Hall–Kier alpha value is -2.08. The van der Waals surface area contributed by atoms with Crippen LogP contribution in [0.4, 0.5) is 0 Å². The number of carbonyl (C=O) groups is 1. The number of nitrogens with zero attached hydrogens (tertiary/aromatic N) is 1. The number of fused-ring (bicyclic) bond motifs is 1. The van der Waals surface area contributed by atoms with E-state index in [0.717, 1.165) is 27.8 Å². The first-order valence-corrected chi connectivity index (χ1v) is 9.04. The van der Waals surface area contributed by atoms with E-state index >= 15 is 0 Å². The third-order valence-electron chi connectivity index (χ3n) is 3.85. The molecule has 24 heavy (non-hydrogen) atoms. The Morgan fingerprint density at radius 3 is 2.71 bits per heavy atom. The lowest BCUT2D eigenvalue weighted by Crippen LogP contribution is -2.28. The molecular formula is C18H22N2O3S. The van der Waals surface area contributed by atoms with Gasteiger partial charge in [0.1, 0.15) is 13.2 Å². The first-order chi connectivity index (χ1) is 11.5. The van der Waals surface area contributed by atoms with Crippen LogP contribution >= 0.6 is 11.3 Å². The van der Waals surface area contributed by atoms with Gasteiger partial charge in [0.05, 0.1) is 23.2 Å². The second-order valence-electron chi connectivity index (χ2n) is 6.20. The minimum Gasteiger partial charge on any atom is -0.486 e. The molecule has 0 unspecified atom stereocenters. The summed E-state index contributed by atoms with van der Waals surface area (Å²) in [4.78, 5) is 16.8. The van der Waals surface area contributed by atoms with Gasteiger partial charge < -0.3 is 14.8 Å². The van der Waals surface area contributed by atoms with Crippen LogP contribution in [0, 0.1) is 0 Å². The Balaban J connectivity index is 1.61. The van der Waals surface area contributed by atoms with Gasteiger partial charge in [0, 0.05) is 11.3 Å². The van der Waals surface area contributed by atoms with E-state index in [1.54, 1.807) is 11.3 Å². The fraction of sp³-hybridized carbons (Fsp3) is 0.444. The van der Waals surface area contributed by atoms with Crippen LogP contribution in [0.25, 0.3) is 0 Å². The minimum atomic E-state index is -0.100. The average molecular weight is 346 g/mol. The van der Waals surface area contributed by atoms with Gasteiger partial charge in [-0.1, -0.05) is 19.9 Å². The molecule has 0 bridgehead atoms. The predicted molar refractivity (Wildman–Crippen MR) is 93.9 cm³/mol. The molecule has 3 rings (SSSR count). The summed E-state index contributed by atoms with van der Waals surface area (Å²) in [6, 6.07) is 5.68. The Kier molecular flexibility index (Phi) is 5.04. The maximum atomic E-state index is 12.3. The SMILES string of the molecule is CC(C)c1nc(CC(=O)N[C@H](C)c2ccc3c(c2)OCCO3)cs1. The molecule has 0 saturated heterocycles. The van der Waals surface area contributed by atoms with Gasteiger partial charge in [-0.2, -0.15) is 0 Å². The molecule has 1 atom stereocenters. The van der Waals surface area contributed by atoms with Gasteiger partial charge in [0.25, 0.3) is 0 Å². The average Bonchev–Trinajstić information content (AvgIpc) is 3.03. The van der Waals surface area contributed by atoms with Crippen molar-refractivity contribution < 1.29 is 14.3 Å². The van der Waals surface area contributed by atoms with Crippen molar-refractivity contribution in [2.45, 2.75) is 39.2 Å². The summed E-state index contributed by atoms with van der Waals surface area (Å²) in [6.07, 6.45) is 0.304. The molecule has 0 radical (unpaired) electrons. The van der Waals surface area contributed by atoms with E-state index in [0.29, 0.717) is 25.6 Å². The van der Waals surface area contributed by atoms with Crippen LogP contribution in [0.15, 0.2) is 23.6 Å². The van der Waals surface area contributed by atoms with Crippen molar-refractivity contribution in [3.8, 4) is 11.5 Å². The van der Waals surface area contributed by atoms with Crippen molar-refractivity contribution >= 4 is 17.2 Å². The van der Waals surface area contributed by atoms with Crippen molar-refractivity contribution in [2.24, 2.45) is 0 Å². The van der Waals surface area contributed by atoms with Crippen LogP contribution < -0.4 is 14.8 Å². The van der Waals surface area contributed by atoms with E-state index in [9.17, 15) is 4.79 Å². The second kappa shape index (κ2) is 7.21. The number of benzene rings is 1. The highest BCUT2D eigenvalue weighted by Crippen LogP contribution is 2.32. The van der Waals surface area contributed by atoms with Crippen molar-refractivity contribution in [2.75, 3.05) is 13.2 Å². The van der Waals surface area contributed by atoms with E-state index < -0.39 is 0 Å². The fourth-order valence-electron chi connectivity index (χ4n) is 2.54. The maximum absolute atomic E-state index is 12.3. The van der Waals surface area contributed by atoms with Gasteiger partial charge in [-0.05, 0) is 24.6 Å². The zero-order valence-corrected chi connectivity index (χ0v) is 15.0. The molecule has 2 heterocycles. The highest BCUT2D eigenvalue weighted by molar-refractivity contribution is 7.09. The Labute approximate surface area is 146 Å². The van der Waals surface area contributed by atoms with Crippen LogP contribution in [0.5, 0.6) is 11.5 Å². The van der Waals surface area contributed by atoms with Crippen LogP contribution in [0.1, 0.15) is 49.0 Å². The maximum Gasteiger partial charge on any atom is 0.226 e. The van der Waals surface area contributed by atoms with Crippen LogP contribution in [0.3, 0.4) is 0 Å². The van der Waals surface area contributed by atoms with Gasteiger partial charge in [-0.3, -0.25) is 4.79 Å². The van der Waals surface area contributed by atoms with Gasteiger partial charge in [0.2, 0.25) is 5.91 Å². The fourth-order valence-corrected chi connectivity index (χ4v) is 3.37. The Morgan fingerprint density at radius 2 is 2.00 bits per heavy atom. The number of thiazole rings is 1. The van der Waals surface area contributed by atoms with E-state index in [1.807, 2.05) is 30.5 Å². The number of nitrogens with one attached hydrogen (secondary N) is 1. The van der Waals surface area contributed by atoms with Crippen LogP contribution in [-0.4, -0.2) is 24.1 Å². The predicted octanol–water partition coefficient (Wildman–Crippen LogP) is 3.46. The highest BCUT2D eigenvalue weighted by atomic mass is 32.1. The molecule has 0 saturated carbocycles. The molecule has 1 aromatic carbocycles. The molecule has 0 aliphatic carbocycles. The first-order valence-electron chi connectivity index (χ1n) is 8.16. The number of carbonyl (C=O) groups excluding carboxylic acids is 1.